The Labute approximate surface area is 218 Å². The van der Waals surface area contributed by atoms with Crippen molar-refractivity contribution in [1.82, 2.24) is 5.01 Å². The van der Waals surface area contributed by atoms with Crippen molar-refractivity contribution in [3.05, 3.63) is 87.5 Å². The van der Waals surface area contributed by atoms with E-state index in [2.05, 4.69) is 5.10 Å². The standard InChI is InChI=1S/C27H25N3O8/c1-35-23-11-7-19(13-26(23)37-3)22-14-21(18-5-8-20(9-6-18)30(33)34)28-29(22)27(32)16-38-24-10-4-17(15-31)12-25(24)36-2/h4-13,15,22H,14,16H2,1-3H3. The fraction of sp³-hybridized carbons (Fsp3) is 0.222. The molecule has 0 aliphatic carbocycles. The van der Waals surface area contributed by atoms with Gasteiger partial charge in [0.1, 0.15) is 6.29 Å². The van der Waals surface area contributed by atoms with E-state index in [0.717, 1.165) is 5.56 Å². The van der Waals surface area contributed by atoms with E-state index in [-0.39, 0.29) is 12.3 Å². The minimum absolute atomic E-state index is 0.0420. The molecular formula is C27H25N3O8. The topological polar surface area (TPSA) is 130 Å². The summed E-state index contributed by atoms with van der Waals surface area (Å²) in [5.41, 5.74) is 2.36. The average molecular weight is 520 g/mol. The predicted octanol–water partition coefficient (Wildman–Crippen LogP) is 4.19. The summed E-state index contributed by atoms with van der Waals surface area (Å²) in [6.45, 7) is -0.350. The van der Waals surface area contributed by atoms with Gasteiger partial charge < -0.3 is 18.9 Å². The first kappa shape index (κ1) is 26.1. The molecule has 38 heavy (non-hydrogen) atoms. The molecule has 11 nitrogen and oxygen atoms in total. The Balaban J connectivity index is 1.63. The van der Waals surface area contributed by atoms with Gasteiger partial charge in [0, 0.05) is 24.1 Å². The lowest BCUT2D eigenvalue weighted by Gasteiger charge is -2.23. The first-order valence-corrected chi connectivity index (χ1v) is 11.5. The van der Waals surface area contributed by atoms with E-state index >= 15 is 0 Å². The van der Waals surface area contributed by atoms with Crippen molar-refractivity contribution >= 4 is 23.6 Å². The second-order valence-electron chi connectivity index (χ2n) is 8.24. The third kappa shape index (κ3) is 5.41. The minimum atomic E-state index is -0.490. The van der Waals surface area contributed by atoms with E-state index in [0.29, 0.717) is 52.5 Å². The smallest absolute Gasteiger partial charge is 0.281 e. The molecule has 0 spiro atoms. The fourth-order valence-corrected chi connectivity index (χ4v) is 4.09. The summed E-state index contributed by atoms with van der Waals surface area (Å²) in [7, 11) is 4.49. The van der Waals surface area contributed by atoms with E-state index in [9.17, 15) is 19.7 Å². The van der Waals surface area contributed by atoms with Gasteiger partial charge in [-0.25, -0.2) is 5.01 Å². The first-order chi connectivity index (χ1) is 18.4. The molecule has 1 unspecified atom stereocenters. The molecule has 0 N–H and O–H groups in total. The Morgan fingerprint density at radius 2 is 1.63 bits per heavy atom. The lowest BCUT2D eigenvalue weighted by Crippen LogP contribution is -2.31. The summed E-state index contributed by atoms with van der Waals surface area (Å²) in [6, 6.07) is 15.5. The van der Waals surface area contributed by atoms with Gasteiger partial charge in [-0.1, -0.05) is 6.07 Å². The number of amides is 1. The molecule has 3 aromatic carbocycles. The van der Waals surface area contributed by atoms with E-state index in [4.69, 9.17) is 18.9 Å². The average Bonchev–Trinajstić information content (AvgIpc) is 3.41. The number of aldehydes is 1. The number of nitro benzene ring substituents is 1. The van der Waals surface area contributed by atoms with Gasteiger partial charge >= 0.3 is 0 Å². The minimum Gasteiger partial charge on any atom is -0.493 e. The normalized spacial score (nSPS) is 14.4. The quantitative estimate of drug-likeness (QED) is 0.221. The van der Waals surface area contributed by atoms with E-state index < -0.39 is 16.9 Å². The van der Waals surface area contributed by atoms with Gasteiger partial charge in [0.15, 0.2) is 29.6 Å². The summed E-state index contributed by atoms with van der Waals surface area (Å²) in [6.07, 6.45) is 1.04. The molecule has 0 bridgehead atoms. The van der Waals surface area contributed by atoms with Crippen LogP contribution in [0.1, 0.15) is 33.9 Å². The third-order valence-electron chi connectivity index (χ3n) is 6.04. The molecule has 1 aliphatic heterocycles. The van der Waals surface area contributed by atoms with Gasteiger partial charge in [-0.3, -0.25) is 19.7 Å². The van der Waals surface area contributed by atoms with Crippen molar-refractivity contribution in [1.29, 1.82) is 0 Å². The van der Waals surface area contributed by atoms with Gasteiger partial charge in [-0.05, 0) is 53.6 Å². The third-order valence-corrected chi connectivity index (χ3v) is 6.04. The summed E-state index contributed by atoms with van der Waals surface area (Å²) in [5, 5.41) is 17.0. The molecule has 0 radical (unpaired) electrons. The molecule has 1 heterocycles. The largest absolute Gasteiger partial charge is 0.493 e. The number of methoxy groups -OCH3 is 3. The molecule has 0 fully saturated rings. The summed E-state index contributed by atoms with van der Waals surface area (Å²) >= 11 is 0. The van der Waals surface area contributed by atoms with Crippen LogP contribution in [0.4, 0.5) is 5.69 Å². The maximum atomic E-state index is 13.4. The van der Waals surface area contributed by atoms with Crippen molar-refractivity contribution in [2.45, 2.75) is 12.5 Å². The number of carbonyl (C=O) groups excluding carboxylic acids is 2. The molecule has 0 saturated carbocycles. The van der Waals surface area contributed by atoms with Crippen LogP contribution in [0.5, 0.6) is 23.0 Å². The van der Waals surface area contributed by atoms with Crippen molar-refractivity contribution in [2.75, 3.05) is 27.9 Å². The highest BCUT2D eigenvalue weighted by Crippen LogP contribution is 2.38. The van der Waals surface area contributed by atoms with Crippen molar-refractivity contribution in [2.24, 2.45) is 5.10 Å². The van der Waals surface area contributed by atoms with Crippen LogP contribution < -0.4 is 18.9 Å². The molecule has 4 rings (SSSR count). The molecule has 1 amide bonds. The number of hydrogen-bond acceptors (Lipinski definition) is 9. The Bertz CT molecular complexity index is 1390. The number of carbonyl (C=O) groups is 2. The molecule has 196 valence electrons. The highest BCUT2D eigenvalue weighted by Gasteiger charge is 2.34. The Morgan fingerprint density at radius 3 is 2.26 bits per heavy atom. The van der Waals surface area contributed by atoms with Crippen molar-refractivity contribution in [3.63, 3.8) is 0 Å². The molecule has 0 saturated heterocycles. The number of non-ortho nitro benzene ring substituents is 1. The molecular weight excluding hydrogens is 494 g/mol. The van der Waals surface area contributed by atoms with Crippen molar-refractivity contribution in [3.8, 4) is 23.0 Å². The second-order valence-corrected chi connectivity index (χ2v) is 8.24. The summed E-state index contributed by atoms with van der Waals surface area (Å²) < 4.78 is 21.8. The van der Waals surface area contributed by atoms with Crippen LogP contribution in [0.3, 0.4) is 0 Å². The predicted molar refractivity (Wildman–Crippen MR) is 137 cm³/mol. The van der Waals surface area contributed by atoms with Gasteiger partial charge in [-0.2, -0.15) is 5.10 Å². The van der Waals surface area contributed by atoms with Crippen LogP contribution in [-0.4, -0.2) is 55.8 Å². The lowest BCUT2D eigenvalue weighted by molar-refractivity contribution is -0.384. The molecule has 1 aliphatic rings. The number of rotatable bonds is 10. The second kappa shape index (κ2) is 11.4. The van der Waals surface area contributed by atoms with Crippen LogP contribution in [0.15, 0.2) is 65.8 Å². The molecule has 0 aromatic heterocycles. The lowest BCUT2D eigenvalue weighted by atomic mass is 9.98. The van der Waals surface area contributed by atoms with Crippen LogP contribution in [0.25, 0.3) is 0 Å². The molecule has 1 atom stereocenters. The van der Waals surface area contributed by atoms with E-state index in [1.807, 2.05) is 6.07 Å². The van der Waals surface area contributed by atoms with Gasteiger partial charge in [0.25, 0.3) is 11.6 Å². The number of ether oxygens (including phenoxy) is 4. The summed E-state index contributed by atoms with van der Waals surface area (Å²) in [5.74, 6) is 1.22. The SMILES string of the molecule is COc1ccc(C2CC(c3ccc([N+](=O)[O-])cc3)=NN2C(=O)COc2ccc(C=O)cc2OC)cc1OC. The van der Waals surface area contributed by atoms with Crippen LogP contribution in [0, 0.1) is 10.1 Å². The number of benzene rings is 3. The van der Waals surface area contributed by atoms with Crippen molar-refractivity contribution < 1.29 is 33.5 Å². The van der Waals surface area contributed by atoms with Crippen LogP contribution in [-0.2, 0) is 4.79 Å². The summed E-state index contributed by atoms with van der Waals surface area (Å²) in [4.78, 5) is 35.0. The zero-order chi connectivity index (χ0) is 27.2. The van der Waals surface area contributed by atoms with Gasteiger partial charge in [0.2, 0.25) is 0 Å². The maximum Gasteiger partial charge on any atom is 0.281 e. The Morgan fingerprint density at radius 1 is 0.974 bits per heavy atom. The maximum absolute atomic E-state index is 13.4. The first-order valence-electron chi connectivity index (χ1n) is 11.5. The highest BCUT2D eigenvalue weighted by atomic mass is 16.6. The van der Waals surface area contributed by atoms with Crippen LogP contribution in [0.2, 0.25) is 0 Å². The monoisotopic (exact) mass is 519 g/mol. The van der Waals surface area contributed by atoms with Gasteiger partial charge in [0.05, 0.1) is 38.0 Å². The number of hydrazone groups is 1. The number of hydrogen-bond donors (Lipinski definition) is 0. The number of nitro groups is 1. The van der Waals surface area contributed by atoms with Crippen LogP contribution >= 0.6 is 0 Å². The molecule has 3 aromatic rings. The zero-order valence-electron chi connectivity index (χ0n) is 21.0. The van der Waals surface area contributed by atoms with E-state index in [1.54, 1.807) is 36.4 Å². The Hall–Kier alpha value is -4.93. The van der Waals surface area contributed by atoms with Gasteiger partial charge in [-0.15, -0.1) is 0 Å². The number of nitrogens with zero attached hydrogens (tertiary/aromatic N) is 3. The van der Waals surface area contributed by atoms with E-state index in [1.165, 1.54) is 44.5 Å². The molecule has 11 heteroatoms. The highest BCUT2D eigenvalue weighted by molar-refractivity contribution is 6.03. The fourth-order valence-electron chi connectivity index (χ4n) is 4.09. The zero-order valence-corrected chi connectivity index (χ0v) is 21.0. The Kier molecular flexibility index (Phi) is 7.86.